The molecule has 0 aliphatic carbocycles. The maximum Gasteiger partial charge on any atom is 0.252 e. The molecule has 1 heterocycles. The van der Waals surface area contributed by atoms with E-state index in [1.54, 1.807) is 11.3 Å². The van der Waals surface area contributed by atoms with Crippen LogP contribution in [0.3, 0.4) is 0 Å². The fourth-order valence-electron chi connectivity index (χ4n) is 3.41. The van der Waals surface area contributed by atoms with Crippen LogP contribution in [0.5, 0.6) is 0 Å². The number of ether oxygens (including phenoxy) is 1. The molecule has 0 fully saturated rings. The second-order valence-electron chi connectivity index (χ2n) is 6.76. The number of amides is 1. The summed E-state index contributed by atoms with van der Waals surface area (Å²) in [6, 6.07) is 12.4. The van der Waals surface area contributed by atoms with Crippen LogP contribution in [0.4, 0.5) is 0 Å². The summed E-state index contributed by atoms with van der Waals surface area (Å²) in [5, 5.41) is 0. The molecule has 0 bridgehead atoms. The lowest BCUT2D eigenvalue weighted by molar-refractivity contribution is -0.117. The molecule has 142 valence electrons. The number of fused-ring (bicyclic) bond motifs is 1. The van der Waals surface area contributed by atoms with Gasteiger partial charge in [-0.2, -0.15) is 4.99 Å². The summed E-state index contributed by atoms with van der Waals surface area (Å²) in [6.07, 6.45) is 0.331. The molecule has 3 aromatic rings. The zero-order valence-corrected chi connectivity index (χ0v) is 17.2. The number of thiazole rings is 1. The van der Waals surface area contributed by atoms with E-state index in [0.29, 0.717) is 26.2 Å². The van der Waals surface area contributed by atoms with Crippen molar-refractivity contribution in [2.24, 2.45) is 4.99 Å². The number of hydrogen-bond donors (Lipinski definition) is 0. The SMILES string of the molecule is CCOCCn1c(=NC(=O)Cc2c(C)cc(C)cc2C)sc2ccccc21. The summed E-state index contributed by atoms with van der Waals surface area (Å²) in [6.45, 7) is 10.2. The molecular weight excluding hydrogens is 356 g/mol. The first-order valence-corrected chi connectivity index (χ1v) is 10.1. The van der Waals surface area contributed by atoms with E-state index in [9.17, 15) is 4.79 Å². The second-order valence-corrected chi connectivity index (χ2v) is 7.77. The van der Waals surface area contributed by atoms with Crippen LogP contribution in [0.25, 0.3) is 10.2 Å². The summed E-state index contributed by atoms with van der Waals surface area (Å²) >= 11 is 1.55. The van der Waals surface area contributed by atoms with Crippen molar-refractivity contribution in [2.45, 2.75) is 40.7 Å². The summed E-state index contributed by atoms with van der Waals surface area (Å²) in [7, 11) is 0. The van der Waals surface area contributed by atoms with E-state index in [0.717, 1.165) is 31.7 Å². The number of benzene rings is 2. The van der Waals surface area contributed by atoms with Gasteiger partial charge in [0.25, 0.3) is 5.91 Å². The van der Waals surface area contributed by atoms with Crippen molar-refractivity contribution in [3.8, 4) is 0 Å². The van der Waals surface area contributed by atoms with Gasteiger partial charge in [0.2, 0.25) is 0 Å². The van der Waals surface area contributed by atoms with Gasteiger partial charge in [-0.3, -0.25) is 4.79 Å². The largest absolute Gasteiger partial charge is 0.380 e. The Hall–Kier alpha value is -2.24. The Bertz CT molecular complexity index is 1010. The van der Waals surface area contributed by atoms with Crippen LogP contribution in [0.1, 0.15) is 29.2 Å². The smallest absolute Gasteiger partial charge is 0.252 e. The van der Waals surface area contributed by atoms with Crippen molar-refractivity contribution in [3.05, 3.63) is 63.5 Å². The van der Waals surface area contributed by atoms with Gasteiger partial charge < -0.3 is 9.30 Å². The van der Waals surface area contributed by atoms with Crippen molar-refractivity contribution in [2.75, 3.05) is 13.2 Å². The monoisotopic (exact) mass is 382 g/mol. The molecule has 1 amide bonds. The highest BCUT2D eigenvalue weighted by Gasteiger charge is 2.11. The third-order valence-electron chi connectivity index (χ3n) is 4.64. The van der Waals surface area contributed by atoms with Gasteiger partial charge in [0.15, 0.2) is 4.80 Å². The van der Waals surface area contributed by atoms with Gasteiger partial charge in [0.1, 0.15) is 0 Å². The molecule has 2 aromatic carbocycles. The highest BCUT2D eigenvalue weighted by atomic mass is 32.1. The molecule has 0 unspecified atom stereocenters. The highest BCUT2D eigenvalue weighted by Crippen LogP contribution is 2.19. The Balaban J connectivity index is 1.95. The Morgan fingerprint density at radius 3 is 2.56 bits per heavy atom. The van der Waals surface area contributed by atoms with Gasteiger partial charge >= 0.3 is 0 Å². The van der Waals surface area contributed by atoms with Crippen LogP contribution in [0.15, 0.2) is 41.4 Å². The van der Waals surface area contributed by atoms with Crippen molar-refractivity contribution in [1.82, 2.24) is 4.57 Å². The average Bonchev–Trinajstić information content (AvgIpc) is 2.96. The summed E-state index contributed by atoms with van der Waals surface area (Å²) < 4.78 is 8.72. The molecule has 4 nitrogen and oxygen atoms in total. The van der Waals surface area contributed by atoms with Crippen LogP contribution >= 0.6 is 11.3 Å². The van der Waals surface area contributed by atoms with Crippen molar-refractivity contribution in [1.29, 1.82) is 0 Å². The number of hydrogen-bond acceptors (Lipinski definition) is 3. The van der Waals surface area contributed by atoms with Crippen LogP contribution < -0.4 is 4.80 Å². The lowest BCUT2D eigenvalue weighted by Crippen LogP contribution is -2.20. The highest BCUT2D eigenvalue weighted by molar-refractivity contribution is 7.16. The second kappa shape index (κ2) is 8.63. The Morgan fingerprint density at radius 1 is 1.15 bits per heavy atom. The molecule has 27 heavy (non-hydrogen) atoms. The minimum Gasteiger partial charge on any atom is -0.380 e. The van der Waals surface area contributed by atoms with Crippen LogP contribution in [0, 0.1) is 20.8 Å². The molecular formula is C22H26N2O2S. The van der Waals surface area contributed by atoms with Gasteiger partial charge in [0.05, 0.1) is 23.2 Å². The Morgan fingerprint density at radius 2 is 1.85 bits per heavy atom. The van der Waals surface area contributed by atoms with Gasteiger partial charge in [-0.1, -0.05) is 41.2 Å². The van der Waals surface area contributed by atoms with E-state index >= 15 is 0 Å². The Kier molecular flexibility index (Phi) is 6.24. The van der Waals surface area contributed by atoms with E-state index in [4.69, 9.17) is 4.74 Å². The predicted molar refractivity (Wildman–Crippen MR) is 111 cm³/mol. The number of aromatic nitrogens is 1. The minimum absolute atomic E-state index is 0.109. The number of para-hydroxylation sites is 1. The molecule has 0 N–H and O–H groups in total. The first-order chi connectivity index (χ1) is 13.0. The van der Waals surface area contributed by atoms with Gasteiger partial charge in [-0.05, 0) is 56.5 Å². The van der Waals surface area contributed by atoms with Crippen molar-refractivity contribution < 1.29 is 9.53 Å². The maximum absolute atomic E-state index is 12.7. The molecule has 0 aliphatic rings. The predicted octanol–water partition coefficient (Wildman–Crippen LogP) is 4.33. The van der Waals surface area contributed by atoms with E-state index in [-0.39, 0.29) is 5.91 Å². The topological polar surface area (TPSA) is 43.6 Å². The quantitative estimate of drug-likeness (QED) is 0.596. The molecule has 0 spiro atoms. The number of aryl methyl sites for hydroxylation is 3. The third kappa shape index (κ3) is 4.54. The first kappa shape index (κ1) is 19.5. The lowest BCUT2D eigenvalue weighted by Gasteiger charge is -2.09. The summed E-state index contributed by atoms with van der Waals surface area (Å²) in [5.74, 6) is -0.109. The van der Waals surface area contributed by atoms with E-state index in [1.165, 1.54) is 5.56 Å². The molecule has 0 saturated heterocycles. The third-order valence-corrected chi connectivity index (χ3v) is 5.70. The molecule has 0 radical (unpaired) electrons. The number of nitrogens with zero attached hydrogens (tertiary/aromatic N) is 2. The zero-order chi connectivity index (χ0) is 19.4. The number of carbonyl (C=O) groups is 1. The summed E-state index contributed by atoms with van der Waals surface area (Å²) in [4.78, 5) is 17.9. The fraction of sp³-hybridized carbons (Fsp3) is 0.364. The Labute approximate surface area is 164 Å². The first-order valence-electron chi connectivity index (χ1n) is 9.30. The number of carbonyl (C=O) groups excluding carboxylic acids is 1. The van der Waals surface area contributed by atoms with Gasteiger partial charge in [0, 0.05) is 13.2 Å². The van der Waals surface area contributed by atoms with E-state index in [2.05, 4.69) is 54.6 Å². The van der Waals surface area contributed by atoms with E-state index < -0.39 is 0 Å². The van der Waals surface area contributed by atoms with Crippen LogP contribution in [-0.2, 0) is 22.5 Å². The lowest BCUT2D eigenvalue weighted by atomic mass is 9.97. The molecule has 0 aliphatic heterocycles. The van der Waals surface area contributed by atoms with E-state index in [1.807, 2.05) is 19.1 Å². The molecule has 0 atom stereocenters. The molecule has 3 rings (SSSR count). The number of rotatable bonds is 6. The van der Waals surface area contributed by atoms with Crippen molar-refractivity contribution >= 4 is 27.5 Å². The average molecular weight is 383 g/mol. The van der Waals surface area contributed by atoms with Gasteiger partial charge in [-0.15, -0.1) is 0 Å². The molecule has 0 saturated carbocycles. The standard InChI is InChI=1S/C22H26N2O2S/c1-5-26-11-10-24-19-8-6-7-9-20(19)27-22(24)23-21(25)14-18-16(3)12-15(2)13-17(18)4/h6-9,12-13H,5,10-11,14H2,1-4H3. The molecule has 5 heteroatoms. The minimum atomic E-state index is -0.109. The van der Waals surface area contributed by atoms with Crippen molar-refractivity contribution in [3.63, 3.8) is 0 Å². The van der Waals surface area contributed by atoms with Crippen LogP contribution in [-0.4, -0.2) is 23.7 Å². The van der Waals surface area contributed by atoms with Gasteiger partial charge in [-0.25, -0.2) is 0 Å². The normalized spacial score (nSPS) is 12.1. The fourth-order valence-corrected chi connectivity index (χ4v) is 4.48. The maximum atomic E-state index is 12.7. The van der Waals surface area contributed by atoms with Crippen LogP contribution in [0.2, 0.25) is 0 Å². The zero-order valence-electron chi connectivity index (χ0n) is 16.4. The summed E-state index contributed by atoms with van der Waals surface area (Å²) in [5.41, 5.74) is 5.69. The molecule has 1 aromatic heterocycles.